The number of nitrogens with one attached hydrogen (secondary N) is 1. The molecule has 1 aromatic heterocycles. The van der Waals surface area contributed by atoms with Crippen LogP contribution < -0.4 is 4.72 Å². The Kier molecular flexibility index (Phi) is 4.92. The predicted octanol–water partition coefficient (Wildman–Crippen LogP) is 1.78. The Morgan fingerprint density at radius 3 is 2.43 bits per heavy atom. The second-order valence-electron chi connectivity index (χ2n) is 7.11. The number of fused-ring (bicyclic) bond motifs is 1. The van der Waals surface area contributed by atoms with Crippen LogP contribution in [0.1, 0.15) is 31.5 Å². The Hall–Kier alpha value is -2.68. The van der Waals surface area contributed by atoms with Gasteiger partial charge in [-0.1, -0.05) is 12.1 Å². The number of imidazole rings is 1. The van der Waals surface area contributed by atoms with Gasteiger partial charge >= 0.3 is 0 Å². The van der Waals surface area contributed by atoms with E-state index in [0.29, 0.717) is 24.9 Å². The molecule has 0 atom stereocenters. The van der Waals surface area contributed by atoms with Crippen molar-refractivity contribution >= 4 is 27.5 Å². The number of hydrogen-bond acceptors (Lipinski definition) is 5. The summed E-state index contributed by atoms with van der Waals surface area (Å²) in [6.07, 6.45) is 5.04. The summed E-state index contributed by atoms with van der Waals surface area (Å²) >= 11 is 0. The number of amides is 2. The van der Waals surface area contributed by atoms with Crippen LogP contribution in [0.25, 0.3) is 11.3 Å². The number of hydrogen-bond donors (Lipinski definition) is 1. The molecular weight excluding hydrogens is 380 g/mol. The Labute approximate surface area is 163 Å². The number of piperidine rings is 1. The largest absolute Gasteiger partial charge is 0.328 e. The molecule has 28 heavy (non-hydrogen) atoms. The second-order valence-corrected chi connectivity index (χ2v) is 8.95. The van der Waals surface area contributed by atoms with Crippen molar-refractivity contribution in [2.75, 3.05) is 17.0 Å². The number of aromatic nitrogens is 2. The molecule has 4 rings (SSSR count). The smallest absolute Gasteiger partial charge is 0.234 e. The second kappa shape index (κ2) is 7.38. The van der Waals surface area contributed by atoms with Crippen LogP contribution in [0.2, 0.25) is 0 Å². The molecule has 2 aliphatic heterocycles. The van der Waals surface area contributed by atoms with Crippen LogP contribution in [0.15, 0.2) is 30.5 Å². The van der Waals surface area contributed by atoms with Crippen molar-refractivity contribution in [2.45, 2.75) is 38.6 Å². The number of nitrogens with zero attached hydrogens (tertiary/aromatic N) is 3. The molecule has 9 heteroatoms. The zero-order chi connectivity index (χ0) is 19.7. The van der Waals surface area contributed by atoms with Crippen LogP contribution in [-0.4, -0.2) is 47.0 Å². The van der Waals surface area contributed by atoms with Gasteiger partial charge in [0.1, 0.15) is 5.82 Å². The minimum Gasteiger partial charge on any atom is -0.328 e. The Bertz CT molecular complexity index is 995. The number of aryl methyl sites for hydroxylation is 1. The topological polar surface area (TPSA) is 101 Å². The van der Waals surface area contributed by atoms with Gasteiger partial charge in [0, 0.05) is 38.0 Å². The third kappa shape index (κ3) is 3.80. The lowest BCUT2D eigenvalue weighted by atomic mass is 10.1. The average Bonchev–Trinajstić information content (AvgIpc) is 3.25. The maximum atomic E-state index is 12.3. The van der Waals surface area contributed by atoms with E-state index in [1.54, 1.807) is 12.1 Å². The normalized spacial score (nSPS) is 17.1. The summed E-state index contributed by atoms with van der Waals surface area (Å²) in [6, 6.07) is 7.13. The fraction of sp³-hybridized carbons (Fsp3) is 0.421. The van der Waals surface area contributed by atoms with E-state index < -0.39 is 10.0 Å². The summed E-state index contributed by atoms with van der Waals surface area (Å²) < 4.78 is 29.4. The highest BCUT2D eigenvalue weighted by atomic mass is 32.2. The van der Waals surface area contributed by atoms with Gasteiger partial charge in [0.05, 0.1) is 17.6 Å². The number of likely N-dealkylation sites (tertiary alicyclic amines) is 1. The molecule has 0 spiro atoms. The zero-order valence-electron chi connectivity index (χ0n) is 15.4. The van der Waals surface area contributed by atoms with E-state index in [0.717, 1.165) is 41.4 Å². The molecule has 0 bridgehead atoms. The molecule has 2 amide bonds. The van der Waals surface area contributed by atoms with Crippen molar-refractivity contribution < 1.29 is 18.0 Å². The van der Waals surface area contributed by atoms with Gasteiger partial charge in [0.2, 0.25) is 21.8 Å². The molecular formula is C19H22N4O4S. The minimum absolute atomic E-state index is 0.118. The highest BCUT2D eigenvalue weighted by molar-refractivity contribution is 7.92. The van der Waals surface area contributed by atoms with E-state index in [2.05, 4.69) is 14.3 Å². The van der Waals surface area contributed by atoms with Crippen molar-refractivity contribution in [3.05, 3.63) is 36.3 Å². The third-order valence-corrected chi connectivity index (χ3v) is 6.41. The molecule has 1 fully saturated rings. The molecule has 0 saturated carbocycles. The molecule has 2 aliphatic rings. The molecule has 8 nitrogen and oxygen atoms in total. The number of carbonyl (C=O) groups is 2. The van der Waals surface area contributed by atoms with E-state index in [1.165, 1.54) is 0 Å². The number of imide groups is 1. The molecule has 1 saturated heterocycles. The maximum Gasteiger partial charge on any atom is 0.234 e. The summed E-state index contributed by atoms with van der Waals surface area (Å²) in [5.74, 6) is 0.164. The summed E-state index contributed by atoms with van der Waals surface area (Å²) in [5, 5.41) is 0. The van der Waals surface area contributed by atoms with E-state index in [-0.39, 0.29) is 24.1 Å². The van der Waals surface area contributed by atoms with Crippen LogP contribution in [0.5, 0.6) is 0 Å². The van der Waals surface area contributed by atoms with Gasteiger partial charge in [-0.25, -0.2) is 13.4 Å². The van der Waals surface area contributed by atoms with Gasteiger partial charge in [-0.05, 0) is 30.5 Å². The molecule has 0 radical (unpaired) electrons. The van der Waals surface area contributed by atoms with Crippen molar-refractivity contribution in [2.24, 2.45) is 0 Å². The van der Waals surface area contributed by atoms with Gasteiger partial charge in [-0.2, -0.15) is 0 Å². The van der Waals surface area contributed by atoms with Crippen molar-refractivity contribution in [3.63, 3.8) is 0 Å². The fourth-order valence-corrected chi connectivity index (χ4v) is 4.71. The van der Waals surface area contributed by atoms with E-state index >= 15 is 0 Å². The lowest BCUT2D eigenvalue weighted by Gasteiger charge is -2.24. The van der Waals surface area contributed by atoms with Gasteiger partial charge in [-0.15, -0.1) is 0 Å². The molecule has 2 aromatic rings. The third-order valence-electron chi connectivity index (χ3n) is 5.14. The summed E-state index contributed by atoms with van der Waals surface area (Å²) in [5.41, 5.74) is 2.46. The first-order chi connectivity index (χ1) is 13.4. The van der Waals surface area contributed by atoms with Gasteiger partial charge in [0.15, 0.2) is 0 Å². The van der Waals surface area contributed by atoms with Crippen molar-refractivity contribution in [1.82, 2.24) is 14.5 Å². The van der Waals surface area contributed by atoms with Crippen LogP contribution in [0, 0.1) is 0 Å². The summed E-state index contributed by atoms with van der Waals surface area (Å²) in [7, 11) is -3.67. The highest BCUT2D eigenvalue weighted by Crippen LogP contribution is 2.26. The first-order valence-corrected chi connectivity index (χ1v) is 11.1. The number of sulfonamides is 1. The zero-order valence-corrected chi connectivity index (χ0v) is 16.2. The first-order valence-electron chi connectivity index (χ1n) is 9.41. The molecule has 148 valence electrons. The van der Waals surface area contributed by atoms with E-state index in [9.17, 15) is 18.0 Å². The Balaban J connectivity index is 1.40. The van der Waals surface area contributed by atoms with Crippen molar-refractivity contribution in [1.29, 1.82) is 0 Å². The van der Waals surface area contributed by atoms with Crippen molar-refractivity contribution in [3.8, 4) is 11.3 Å². The lowest BCUT2D eigenvalue weighted by Crippen LogP contribution is -2.43. The van der Waals surface area contributed by atoms with Crippen LogP contribution >= 0.6 is 0 Å². The van der Waals surface area contributed by atoms with Gasteiger partial charge in [-0.3, -0.25) is 19.2 Å². The van der Waals surface area contributed by atoms with Crippen LogP contribution in [0.3, 0.4) is 0 Å². The highest BCUT2D eigenvalue weighted by Gasteiger charge is 2.27. The standard InChI is InChI=1S/C19H22N4O4S/c24-18-4-1-5-19(25)23(18)11-12-28(26,27)21-15-8-6-14(7-9-15)16-13-20-17-3-2-10-22(16)17/h6-9,13,21H,1-5,10-12H2. The maximum absolute atomic E-state index is 12.3. The Morgan fingerprint density at radius 2 is 1.71 bits per heavy atom. The quantitative estimate of drug-likeness (QED) is 0.742. The number of rotatable bonds is 6. The monoisotopic (exact) mass is 402 g/mol. The van der Waals surface area contributed by atoms with E-state index in [1.807, 2.05) is 18.3 Å². The first kappa shape index (κ1) is 18.7. The lowest BCUT2D eigenvalue weighted by molar-refractivity contribution is -0.147. The average molecular weight is 402 g/mol. The number of anilines is 1. The van der Waals surface area contributed by atoms with Gasteiger partial charge < -0.3 is 4.57 Å². The van der Waals surface area contributed by atoms with E-state index in [4.69, 9.17) is 0 Å². The predicted molar refractivity (Wildman–Crippen MR) is 104 cm³/mol. The van der Waals surface area contributed by atoms with Gasteiger partial charge in [0.25, 0.3) is 0 Å². The molecule has 1 N–H and O–H groups in total. The Morgan fingerprint density at radius 1 is 1.00 bits per heavy atom. The van der Waals surface area contributed by atoms with Crippen LogP contribution in [-0.2, 0) is 32.6 Å². The fourth-order valence-electron chi connectivity index (χ4n) is 3.69. The van der Waals surface area contributed by atoms with Crippen LogP contribution in [0.4, 0.5) is 5.69 Å². The number of benzene rings is 1. The molecule has 0 aliphatic carbocycles. The molecule has 3 heterocycles. The SMILES string of the molecule is O=C1CCCC(=O)N1CCS(=O)(=O)Nc1ccc(-c2cnc3n2CCC3)cc1. The summed E-state index contributed by atoms with van der Waals surface area (Å²) in [6.45, 7) is 0.833. The molecule has 1 aromatic carbocycles. The summed E-state index contributed by atoms with van der Waals surface area (Å²) in [4.78, 5) is 29.1. The minimum atomic E-state index is -3.67. The molecule has 0 unspecified atom stereocenters. The number of carbonyl (C=O) groups excluding carboxylic acids is 2.